The summed E-state index contributed by atoms with van der Waals surface area (Å²) >= 11 is 0. The van der Waals surface area contributed by atoms with E-state index in [0.29, 0.717) is 18.4 Å². The van der Waals surface area contributed by atoms with Gasteiger partial charge >= 0.3 is 5.97 Å². The minimum absolute atomic E-state index is 0.0260. The quantitative estimate of drug-likeness (QED) is 0.0166. The SMILES string of the molecule is CC(C)C[C@H](NC(=O)[C@@H](NC(=O)[C@H](Cc1ccccc1)NC(=O)[C@H](CO)NC(=O)[C@H](CCCCN)NC(=O)CNC(=O)[C@H](CCCN=C(N)N)NC(=O)CNC(=O)[C@H](CO)NC(=O)[C@@H](N)CCCN=C(N)N)[C@@H](C)O)C(=O)O. The van der Waals surface area contributed by atoms with E-state index in [0.717, 1.165) is 0 Å². The van der Waals surface area contributed by atoms with Gasteiger partial charge in [0.25, 0.3) is 0 Å². The topological polar surface area (TPSA) is 541 Å². The summed E-state index contributed by atoms with van der Waals surface area (Å²) in [5.74, 6) is -10.4. The number of guanidine groups is 2. The molecule has 0 aromatic heterocycles. The van der Waals surface area contributed by atoms with Gasteiger partial charge in [0.2, 0.25) is 53.2 Å². The Morgan fingerprint density at radius 1 is 0.538 bits per heavy atom. The predicted octanol–water partition coefficient (Wildman–Crippen LogP) is -8.09. The van der Waals surface area contributed by atoms with Crippen LogP contribution in [0.15, 0.2) is 40.3 Å². The maximum atomic E-state index is 13.8. The van der Waals surface area contributed by atoms with Gasteiger partial charge in [-0.2, -0.15) is 0 Å². The van der Waals surface area contributed by atoms with Crippen molar-refractivity contribution < 1.29 is 68.4 Å². The number of aliphatic carboxylic acids is 1. The number of carbonyl (C=O) groups excluding carboxylic acids is 9. The monoisotopic (exact) mass is 1110 g/mol. The Balaban J connectivity index is 3.17. The zero-order valence-corrected chi connectivity index (χ0v) is 44.2. The number of aliphatic hydroxyl groups is 3. The number of nitrogens with one attached hydrogen (secondary N) is 9. The number of nitrogens with zero attached hydrogens (tertiary/aromatic N) is 2. The first kappa shape index (κ1) is 68.3. The summed E-state index contributed by atoms with van der Waals surface area (Å²) in [5, 5.41) is 61.5. The van der Waals surface area contributed by atoms with E-state index in [2.05, 4.69) is 57.8 Å². The van der Waals surface area contributed by atoms with Crippen LogP contribution in [0.5, 0.6) is 0 Å². The molecule has 1 rings (SSSR count). The van der Waals surface area contributed by atoms with Gasteiger partial charge in [0.05, 0.1) is 38.4 Å². The minimum Gasteiger partial charge on any atom is -0.480 e. The fourth-order valence-electron chi connectivity index (χ4n) is 7.14. The van der Waals surface area contributed by atoms with Crippen molar-refractivity contribution in [1.82, 2.24) is 47.9 Å². The lowest BCUT2D eigenvalue weighted by atomic mass is 10.0. The van der Waals surface area contributed by atoms with Gasteiger partial charge in [-0.15, -0.1) is 0 Å². The first-order valence-electron chi connectivity index (χ1n) is 25.2. The Morgan fingerprint density at radius 2 is 0.987 bits per heavy atom. The number of amides is 9. The van der Waals surface area contributed by atoms with Gasteiger partial charge in [0.15, 0.2) is 11.9 Å². The van der Waals surface area contributed by atoms with Crippen LogP contribution in [0.2, 0.25) is 0 Å². The minimum atomic E-state index is -1.74. The van der Waals surface area contributed by atoms with Crippen LogP contribution in [0.25, 0.3) is 0 Å². The fourth-order valence-corrected chi connectivity index (χ4v) is 7.14. The lowest BCUT2D eigenvalue weighted by Crippen LogP contribution is -2.61. The number of benzene rings is 1. The predicted molar refractivity (Wildman–Crippen MR) is 283 cm³/mol. The van der Waals surface area contributed by atoms with Crippen molar-refractivity contribution in [1.29, 1.82) is 0 Å². The number of hydrogen-bond donors (Lipinski definition) is 19. The summed E-state index contributed by atoms with van der Waals surface area (Å²) in [6, 6.07) is -3.34. The van der Waals surface area contributed by atoms with Gasteiger partial charge in [-0.1, -0.05) is 44.2 Å². The number of carbonyl (C=O) groups is 10. The lowest BCUT2D eigenvalue weighted by Gasteiger charge is -2.27. The molecule has 0 radical (unpaired) electrons. The van der Waals surface area contributed by atoms with E-state index in [1.165, 1.54) is 6.92 Å². The van der Waals surface area contributed by atoms with Gasteiger partial charge in [-0.05, 0) is 76.3 Å². The Kier molecular flexibility index (Phi) is 32.5. The van der Waals surface area contributed by atoms with E-state index in [9.17, 15) is 68.4 Å². The first-order valence-corrected chi connectivity index (χ1v) is 25.2. The summed E-state index contributed by atoms with van der Waals surface area (Å²) in [6.45, 7) is 1.71. The molecular formula is C47H81N17O14. The van der Waals surface area contributed by atoms with Crippen LogP contribution in [-0.4, -0.2) is 192 Å². The molecule has 0 aliphatic rings. The van der Waals surface area contributed by atoms with Crippen LogP contribution in [0.3, 0.4) is 0 Å². The molecule has 9 amide bonds. The van der Waals surface area contributed by atoms with E-state index < -0.39 is 140 Å². The average molecular weight is 1110 g/mol. The second-order valence-electron chi connectivity index (χ2n) is 18.5. The normalized spacial score (nSPS) is 14.4. The van der Waals surface area contributed by atoms with Crippen molar-refractivity contribution in [3.63, 3.8) is 0 Å². The highest BCUT2D eigenvalue weighted by atomic mass is 16.4. The smallest absolute Gasteiger partial charge is 0.326 e. The molecule has 25 N–H and O–H groups in total. The van der Waals surface area contributed by atoms with Gasteiger partial charge in [0, 0.05) is 19.5 Å². The summed E-state index contributed by atoms with van der Waals surface area (Å²) in [4.78, 5) is 139. The van der Waals surface area contributed by atoms with Crippen molar-refractivity contribution in [3.8, 4) is 0 Å². The Labute approximate surface area is 451 Å². The van der Waals surface area contributed by atoms with Crippen molar-refractivity contribution in [2.45, 2.75) is 133 Å². The van der Waals surface area contributed by atoms with Crippen LogP contribution >= 0.6 is 0 Å². The average Bonchev–Trinajstić information content (AvgIpc) is 3.38. The number of rotatable bonds is 38. The van der Waals surface area contributed by atoms with Crippen molar-refractivity contribution in [2.24, 2.45) is 50.3 Å². The molecule has 0 aliphatic carbocycles. The van der Waals surface area contributed by atoms with Gasteiger partial charge in [-0.25, -0.2) is 4.79 Å². The number of carboxylic acids is 1. The summed E-state index contributed by atoms with van der Waals surface area (Å²) in [6.07, 6.45) is -0.568. The molecule has 31 nitrogen and oxygen atoms in total. The highest BCUT2D eigenvalue weighted by Crippen LogP contribution is 2.09. The standard InChI is InChI=1S/C47H81N17O14/c1-25(2)19-32(45(77)78)61-44(76)37(26(3)67)64-42(74)31(20-27-11-5-4-6-12-27)60-43(75)34(24-66)63-41(73)30(14-7-8-16-48)59-36(69)21-56-39(71)29(15-10-18-55-47(52)53)58-35(68)22-57-40(72)33(23-65)62-38(70)28(49)13-9-17-54-46(50)51/h4-6,11-12,25-26,28-34,37,65-67H,7-10,13-24,48-49H2,1-3H3,(H,56,71)(H,57,72)(H,58,68)(H,59,69)(H,60,75)(H,61,76)(H,62,70)(H,63,73)(H,64,74)(H,77,78)(H4,50,51,54)(H4,52,53,55)/t26-,28+,29+,30+,31+,32+,33+,34+,37+/m1/s1. The molecule has 0 heterocycles. The van der Waals surface area contributed by atoms with Crippen molar-refractivity contribution in [3.05, 3.63) is 35.9 Å². The highest BCUT2D eigenvalue weighted by molar-refractivity contribution is 5.97. The summed E-state index contributed by atoms with van der Waals surface area (Å²) in [7, 11) is 0. The second-order valence-corrected chi connectivity index (χ2v) is 18.5. The van der Waals surface area contributed by atoms with Crippen LogP contribution in [-0.2, 0) is 54.4 Å². The maximum absolute atomic E-state index is 13.8. The molecule has 0 saturated carbocycles. The molecule has 31 heteroatoms. The maximum Gasteiger partial charge on any atom is 0.326 e. The third kappa shape index (κ3) is 27.9. The molecular weight excluding hydrogens is 1030 g/mol. The molecule has 0 aliphatic heterocycles. The van der Waals surface area contributed by atoms with Crippen LogP contribution in [0.4, 0.5) is 0 Å². The second kappa shape index (κ2) is 37.1. The molecule has 0 fully saturated rings. The molecule has 0 unspecified atom stereocenters. The Bertz CT molecular complexity index is 2180. The molecule has 78 heavy (non-hydrogen) atoms. The molecule has 438 valence electrons. The molecule has 0 bridgehead atoms. The number of aliphatic hydroxyl groups excluding tert-OH is 3. The van der Waals surface area contributed by atoms with E-state index in [-0.39, 0.29) is 82.4 Å². The molecule has 1 aromatic carbocycles. The van der Waals surface area contributed by atoms with Gasteiger partial charge in [0.1, 0.15) is 42.3 Å². The third-order valence-corrected chi connectivity index (χ3v) is 11.3. The Morgan fingerprint density at radius 3 is 1.49 bits per heavy atom. The number of aliphatic imine (C=N–C) groups is 2. The van der Waals surface area contributed by atoms with Gasteiger partial charge in [-0.3, -0.25) is 53.1 Å². The van der Waals surface area contributed by atoms with Gasteiger partial charge < -0.3 is 103 Å². The first-order chi connectivity index (χ1) is 36.8. The van der Waals surface area contributed by atoms with Crippen LogP contribution in [0.1, 0.15) is 77.7 Å². The van der Waals surface area contributed by atoms with Crippen molar-refractivity contribution in [2.75, 3.05) is 45.9 Å². The van der Waals surface area contributed by atoms with E-state index in [4.69, 9.17) is 34.4 Å². The lowest BCUT2D eigenvalue weighted by molar-refractivity contribution is -0.143. The summed E-state index contributed by atoms with van der Waals surface area (Å²) in [5.41, 5.74) is 33.4. The van der Waals surface area contributed by atoms with E-state index >= 15 is 0 Å². The van der Waals surface area contributed by atoms with Crippen LogP contribution in [0, 0.1) is 5.92 Å². The third-order valence-electron chi connectivity index (χ3n) is 11.3. The molecule has 1 aromatic rings. The number of unbranched alkanes of at least 4 members (excludes halogenated alkanes) is 1. The number of carboxylic acid groups (broad SMARTS) is 1. The fraction of sp³-hybridized carbons (Fsp3) is 0.617. The summed E-state index contributed by atoms with van der Waals surface area (Å²) < 4.78 is 0. The molecule has 9 atom stereocenters. The zero-order chi connectivity index (χ0) is 58.9. The number of hydrogen-bond acceptors (Lipinski definition) is 17. The van der Waals surface area contributed by atoms with E-state index in [1.54, 1.807) is 44.2 Å². The zero-order valence-electron chi connectivity index (χ0n) is 44.2. The largest absolute Gasteiger partial charge is 0.480 e. The Hall–Kier alpha value is -7.74. The van der Waals surface area contributed by atoms with E-state index in [1.807, 2.05) is 0 Å². The number of nitrogens with two attached hydrogens (primary N) is 6. The van der Waals surface area contributed by atoms with Crippen molar-refractivity contribution >= 4 is 71.1 Å². The highest BCUT2D eigenvalue weighted by Gasteiger charge is 2.35. The van der Waals surface area contributed by atoms with Crippen LogP contribution < -0.4 is 82.3 Å². The molecule has 0 spiro atoms. The molecule has 0 saturated heterocycles.